The highest BCUT2D eigenvalue weighted by Crippen LogP contribution is 2.33. The Bertz CT molecular complexity index is 817. The molecular weight excluding hydrogens is 395 g/mol. The molecule has 3 nitrogen and oxygen atoms in total. The van der Waals surface area contributed by atoms with Crippen molar-refractivity contribution in [2.75, 3.05) is 19.8 Å². The first-order valence-corrected chi connectivity index (χ1v) is 13.2. The van der Waals surface area contributed by atoms with E-state index in [1.54, 1.807) is 0 Å². The van der Waals surface area contributed by atoms with Gasteiger partial charge in [0.2, 0.25) is 0 Å². The topological polar surface area (TPSA) is 27.7 Å². The zero-order valence-corrected chi connectivity index (χ0v) is 19.3. The Morgan fingerprint density at radius 1 is 0.586 bits per heavy atom. The molecule has 3 aromatic rings. The number of rotatable bonds is 10. The second kappa shape index (κ2) is 10.8. The summed E-state index contributed by atoms with van der Waals surface area (Å²) in [6, 6.07) is 29.9. The first-order chi connectivity index (χ1) is 14.3. The Morgan fingerprint density at radius 3 is 1.45 bits per heavy atom. The maximum Gasteiger partial charge on any atom is 0.537 e. The fourth-order valence-corrected chi connectivity index (χ4v) is 9.08. The van der Waals surface area contributed by atoms with Crippen LogP contribution in [0.5, 0.6) is 0 Å². The summed E-state index contributed by atoms with van der Waals surface area (Å²) in [6.45, 7) is 7.65. The van der Waals surface area contributed by atoms with Gasteiger partial charge in [0.15, 0.2) is 0 Å². The van der Waals surface area contributed by atoms with Crippen molar-refractivity contribution in [1.82, 2.24) is 0 Å². The molecule has 5 heteroatoms. The van der Waals surface area contributed by atoms with E-state index in [1.165, 1.54) is 15.9 Å². The van der Waals surface area contributed by atoms with E-state index in [1.807, 2.05) is 20.8 Å². The smallest absolute Gasteiger partial charge is 0.370 e. The van der Waals surface area contributed by atoms with Gasteiger partial charge in [0.25, 0.3) is 0 Å². The van der Waals surface area contributed by atoms with E-state index in [4.69, 9.17) is 13.3 Å². The van der Waals surface area contributed by atoms with Gasteiger partial charge in [-0.2, -0.15) is 0 Å². The quantitative estimate of drug-likeness (QED) is 0.367. The van der Waals surface area contributed by atoms with E-state index in [0.29, 0.717) is 19.8 Å². The van der Waals surface area contributed by atoms with Crippen LogP contribution in [0.15, 0.2) is 84.9 Å². The van der Waals surface area contributed by atoms with Crippen LogP contribution >= 0.6 is 7.92 Å². The predicted octanol–water partition coefficient (Wildman–Crippen LogP) is 3.70. The molecule has 0 saturated carbocycles. The Kier molecular flexibility index (Phi) is 8.16. The molecule has 3 aromatic carbocycles. The molecule has 0 aromatic heterocycles. The van der Waals surface area contributed by atoms with Gasteiger partial charge in [0.05, 0.1) is 0 Å². The summed E-state index contributed by atoms with van der Waals surface area (Å²) < 4.78 is 18.8. The van der Waals surface area contributed by atoms with E-state index in [2.05, 4.69) is 84.9 Å². The Balaban J connectivity index is 2.23. The van der Waals surface area contributed by atoms with Crippen molar-refractivity contribution in [3.05, 3.63) is 84.9 Å². The first-order valence-electron chi connectivity index (χ1n) is 10.2. The summed E-state index contributed by atoms with van der Waals surface area (Å²) in [4.78, 5) is 0. The Labute approximate surface area is 176 Å². The molecule has 0 fully saturated rings. The fourth-order valence-electron chi connectivity index (χ4n) is 3.44. The van der Waals surface area contributed by atoms with Crippen molar-refractivity contribution in [3.63, 3.8) is 0 Å². The van der Waals surface area contributed by atoms with Crippen molar-refractivity contribution in [2.45, 2.75) is 20.8 Å². The summed E-state index contributed by atoms with van der Waals surface area (Å²) in [5.41, 5.74) is 0. The lowest BCUT2D eigenvalue weighted by Gasteiger charge is -2.32. The summed E-state index contributed by atoms with van der Waals surface area (Å²) >= 11 is 0. The molecule has 0 aliphatic rings. The summed E-state index contributed by atoms with van der Waals surface area (Å²) in [6.07, 6.45) is 0. The first kappa shape index (κ1) is 21.9. The summed E-state index contributed by atoms with van der Waals surface area (Å²) in [5, 5.41) is 4.91. The largest absolute Gasteiger partial charge is 0.537 e. The minimum Gasteiger partial charge on any atom is -0.370 e. The third-order valence-corrected chi connectivity index (χ3v) is 10.3. The van der Waals surface area contributed by atoms with Crippen molar-refractivity contribution in [1.29, 1.82) is 0 Å². The van der Waals surface area contributed by atoms with Gasteiger partial charge in [-0.15, -0.1) is 0 Å². The van der Waals surface area contributed by atoms with Crippen LogP contribution in [-0.4, -0.2) is 28.6 Å². The number of benzene rings is 3. The molecule has 0 aliphatic carbocycles. The van der Waals surface area contributed by atoms with Crippen molar-refractivity contribution >= 4 is 37.8 Å². The maximum atomic E-state index is 6.26. The van der Waals surface area contributed by atoms with Gasteiger partial charge in [-0.1, -0.05) is 84.9 Å². The van der Waals surface area contributed by atoms with Crippen LogP contribution in [0, 0.1) is 0 Å². The number of hydrogen-bond donors (Lipinski definition) is 0. The minimum atomic E-state index is -3.03. The normalized spacial score (nSPS) is 11.7. The van der Waals surface area contributed by atoms with Crippen LogP contribution in [0.4, 0.5) is 0 Å². The third-order valence-electron chi connectivity index (χ3n) is 4.51. The van der Waals surface area contributed by atoms with Gasteiger partial charge in [-0.3, -0.25) is 0 Å². The SMILES string of the molecule is CCO[Si](OCC)(OCC)c1ccccc1P(c1ccccc1)c1ccccc1. The summed E-state index contributed by atoms with van der Waals surface area (Å²) in [5.74, 6) is 0. The third kappa shape index (κ3) is 5.03. The van der Waals surface area contributed by atoms with E-state index in [-0.39, 0.29) is 0 Å². The van der Waals surface area contributed by atoms with Crippen molar-refractivity contribution in [3.8, 4) is 0 Å². The standard InChI is InChI=1S/C24H29O3PSi/c1-4-25-29(26-5-2,27-6-3)24-20-14-13-19-23(24)28(21-15-9-7-10-16-21)22-17-11-8-12-18-22/h7-20H,4-6H2,1-3H3. The van der Waals surface area contributed by atoms with Crippen molar-refractivity contribution in [2.24, 2.45) is 0 Å². The van der Waals surface area contributed by atoms with E-state index in [9.17, 15) is 0 Å². The molecule has 0 N–H and O–H groups in total. The monoisotopic (exact) mass is 424 g/mol. The molecule has 0 unspecified atom stereocenters. The zero-order valence-electron chi connectivity index (χ0n) is 17.4. The van der Waals surface area contributed by atoms with E-state index in [0.717, 1.165) is 5.19 Å². The van der Waals surface area contributed by atoms with Crippen LogP contribution in [-0.2, 0) is 13.3 Å². The van der Waals surface area contributed by atoms with Crippen LogP contribution in [0.1, 0.15) is 20.8 Å². The van der Waals surface area contributed by atoms with Gasteiger partial charge in [0, 0.05) is 25.0 Å². The van der Waals surface area contributed by atoms with Gasteiger partial charge >= 0.3 is 8.80 Å². The second-order valence-corrected chi connectivity index (χ2v) is 11.1. The molecule has 0 bridgehead atoms. The molecule has 0 radical (unpaired) electrons. The fraction of sp³-hybridized carbons (Fsp3) is 0.250. The molecule has 3 rings (SSSR count). The van der Waals surface area contributed by atoms with Gasteiger partial charge in [-0.05, 0) is 44.6 Å². The van der Waals surface area contributed by atoms with Crippen LogP contribution in [0.25, 0.3) is 0 Å². The van der Waals surface area contributed by atoms with Crippen LogP contribution in [0.2, 0.25) is 0 Å². The maximum absolute atomic E-state index is 6.26. The van der Waals surface area contributed by atoms with Crippen LogP contribution < -0.4 is 21.1 Å². The predicted molar refractivity (Wildman–Crippen MR) is 125 cm³/mol. The average molecular weight is 425 g/mol. The molecule has 29 heavy (non-hydrogen) atoms. The Hall–Kier alpha value is -1.81. The van der Waals surface area contributed by atoms with Gasteiger partial charge in [0.1, 0.15) is 0 Å². The van der Waals surface area contributed by atoms with E-state index >= 15 is 0 Å². The molecule has 0 saturated heterocycles. The minimum absolute atomic E-state index is 0.551. The molecule has 0 spiro atoms. The lowest BCUT2D eigenvalue weighted by atomic mass is 10.3. The average Bonchev–Trinajstić information content (AvgIpc) is 2.76. The molecule has 152 valence electrons. The molecule has 0 aliphatic heterocycles. The zero-order chi connectivity index (χ0) is 20.5. The highest BCUT2D eigenvalue weighted by molar-refractivity contribution is 7.80. The summed E-state index contributed by atoms with van der Waals surface area (Å²) in [7, 11) is -3.80. The highest BCUT2D eigenvalue weighted by Gasteiger charge is 2.46. The van der Waals surface area contributed by atoms with Crippen molar-refractivity contribution < 1.29 is 13.3 Å². The Morgan fingerprint density at radius 2 is 1.00 bits per heavy atom. The molecule has 0 heterocycles. The van der Waals surface area contributed by atoms with E-state index < -0.39 is 16.7 Å². The van der Waals surface area contributed by atoms with Gasteiger partial charge in [-0.25, -0.2) is 0 Å². The molecule has 0 amide bonds. The highest BCUT2D eigenvalue weighted by atomic mass is 31.1. The second-order valence-electron chi connectivity index (χ2n) is 6.38. The molecule has 0 atom stereocenters. The number of hydrogen-bond acceptors (Lipinski definition) is 3. The van der Waals surface area contributed by atoms with Crippen LogP contribution in [0.3, 0.4) is 0 Å². The molecular formula is C24H29O3PSi. The van der Waals surface area contributed by atoms with Gasteiger partial charge < -0.3 is 13.3 Å². The lowest BCUT2D eigenvalue weighted by molar-refractivity contribution is 0.0861. The lowest BCUT2D eigenvalue weighted by Crippen LogP contribution is -2.61.